The van der Waals surface area contributed by atoms with Gasteiger partial charge < -0.3 is 34.9 Å². The molecule has 0 radical (unpaired) electrons. The topological polar surface area (TPSA) is 113 Å². The Balaban J connectivity index is 1.34. The highest BCUT2D eigenvalue weighted by Gasteiger charge is 2.33. The Morgan fingerprint density at radius 3 is 2.44 bits per heavy atom. The quantitative estimate of drug-likeness (QED) is 0.292. The first kappa shape index (κ1) is 30.7. The van der Waals surface area contributed by atoms with Crippen LogP contribution in [0.1, 0.15) is 29.8 Å². The molecule has 10 nitrogen and oxygen atoms in total. The Hall–Kier alpha value is -3.70. The van der Waals surface area contributed by atoms with Crippen molar-refractivity contribution < 1.29 is 28.9 Å². The molecule has 3 aromatic rings. The second-order valence-corrected chi connectivity index (χ2v) is 11.7. The average Bonchev–Trinajstić information content (AvgIpc) is 3.44. The van der Waals surface area contributed by atoms with Crippen molar-refractivity contribution in [2.45, 2.75) is 32.5 Å². The second kappa shape index (κ2) is 13.3. The molecule has 12 heteroatoms. The predicted octanol–water partition coefficient (Wildman–Crippen LogP) is 5.72. The molecule has 0 fully saturated rings. The Labute approximate surface area is 260 Å². The van der Waals surface area contributed by atoms with E-state index in [4.69, 9.17) is 37.4 Å². The molecule has 3 amide bonds. The highest BCUT2D eigenvalue weighted by atomic mass is 35.5. The number of nitrogens with zero attached hydrogens (tertiary/aromatic N) is 2. The number of aliphatic hydroxyl groups is 1. The van der Waals surface area contributed by atoms with Crippen LogP contribution in [0.25, 0.3) is 0 Å². The third kappa shape index (κ3) is 7.27. The predicted molar refractivity (Wildman–Crippen MR) is 166 cm³/mol. The van der Waals surface area contributed by atoms with Crippen LogP contribution in [-0.2, 0) is 6.54 Å². The number of benzene rings is 3. The minimum Gasteiger partial charge on any atom is -0.488 e. The van der Waals surface area contributed by atoms with Gasteiger partial charge in [-0.25, -0.2) is 4.79 Å². The van der Waals surface area contributed by atoms with E-state index < -0.39 is 12.1 Å². The summed E-state index contributed by atoms with van der Waals surface area (Å²) in [5.41, 5.74) is 2.24. The minimum absolute atomic E-state index is 0.0485. The first-order chi connectivity index (χ1) is 20.6. The number of ether oxygens (including phenoxy) is 3. The van der Waals surface area contributed by atoms with Crippen molar-refractivity contribution >= 4 is 46.5 Å². The zero-order valence-electron chi connectivity index (χ0n) is 24.1. The number of urea groups is 1. The van der Waals surface area contributed by atoms with Gasteiger partial charge in [-0.3, -0.25) is 9.69 Å². The summed E-state index contributed by atoms with van der Waals surface area (Å²) in [7, 11) is 1.99. The van der Waals surface area contributed by atoms with Crippen molar-refractivity contribution in [1.82, 2.24) is 9.80 Å². The lowest BCUT2D eigenvalue weighted by Crippen LogP contribution is -2.49. The molecule has 0 bridgehead atoms. The van der Waals surface area contributed by atoms with Crippen LogP contribution < -0.4 is 24.8 Å². The number of fused-ring (bicyclic) bond motifs is 2. The average molecular weight is 630 g/mol. The van der Waals surface area contributed by atoms with Crippen molar-refractivity contribution in [3.05, 3.63) is 75.8 Å². The summed E-state index contributed by atoms with van der Waals surface area (Å²) in [4.78, 5) is 30.3. The molecule has 0 unspecified atom stereocenters. The van der Waals surface area contributed by atoms with Crippen LogP contribution in [0.15, 0.2) is 54.6 Å². The summed E-state index contributed by atoms with van der Waals surface area (Å²) in [5, 5.41) is 16.5. The van der Waals surface area contributed by atoms with E-state index in [-0.39, 0.29) is 31.3 Å². The molecule has 0 saturated heterocycles. The van der Waals surface area contributed by atoms with E-state index in [1.54, 1.807) is 54.3 Å². The molecule has 5 rings (SSSR count). The van der Waals surface area contributed by atoms with E-state index in [9.17, 15) is 14.7 Å². The smallest absolute Gasteiger partial charge is 0.323 e. The number of halogens is 2. The van der Waals surface area contributed by atoms with Crippen LogP contribution in [0.2, 0.25) is 10.0 Å². The highest BCUT2D eigenvalue weighted by Crippen LogP contribution is 2.35. The fourth-order valence-corrected chi connectivity index (χ4v) is 5.43. The van der Waals surface area contributed by atoms with Gasteiger partial charge in [0.05, 0.1) is 28.3 Å². The molecule has 0 aliphatic carbocycles. The number of hydrogen-bond acceptors (Lipinski definition) is 7. The Morgan fingerprint density at radius 2 is 1.72 bits per heavy atom. The van der Waals surface area contributed by atoms with E-state index in [0.717, 1.165) is 5.56 Å². The number of aliphatic hydroxyl groups excluding tert-OH is 1. The van der Waals surface area contributed by atoms with E-state index in [0.29, 0.717) is 63.9 Å². The van der Waals surface area contributed by atoms with Crippen LogP contribution >= 0.6 is 23.2 Å². The monoisotopic (exact) mass is 628 g/mol. The summed E-state index contributed by atoms with van der Waals surface area (Å²) < 4.78 is 17.2. The van der Waals surface area contributed by atoms with E-state index >= 15 is 0 Å². The van der Waals surface area contributed by atoms with E-state index in [1.807, 2.05) is 26.1 Å². The fraction of sp³-hybridized carbons (Fsp3) is 0.355. The summed E-state index contributed by atoms with van der Waals surface area (Å²) in [5.74, 6) is 1.23. The molecule has 2 aliphatic heterocycles. The molecular weight excluding hydrogens is 595 g/mol. The van der Waals surface area contributed by atoms with Crippen molar-refractivity contribution in [3.8, 4) is 17.2 Å². The normalized spacial score (nSPS) is 18.4. The standard InChI is InChI=1S/C31H34Cl2N4O6/c1-18-13-37(19(2)16-38)30(39)23-11-21(34-31(40)35-22-6-9-27-28(12-22)42-17-41-27)5-8-26(23)43-29(18)15-36(3)14-20-4-7-24(32)25(33)10-20/h4-12,18-19,29,38H,13-17H2,1-3H3,(H2,34,35,40)/t18-,19+,29-/m1/s1. The molecule has 2 heterocycles. The Kier molecular flexibility index (Phi) is 9.51. The molecule has 3 atom stereocenters. The summed E-state index contributed by atoms with van der Waals surface area (Å²) in [6.07, 6.45) is -0.277. The number of rotatable bonds is 8. The van der Waals surface area contributed by atoms with Crippen molar-refractivity contribution in [2.75, 3.05) is 44.2 Å². The van der Waals surface area contributed by atoms with Gasteiger partial charge in [0.25, 0.3) is 5.91 Å². The Morgan fingerprint density at radius 1 is 1.02 bits per heavy atom. The summed E-state index contributed by atoms with van der Waals surface area (Å²) >= 11 is 12.3. The lowest BCUT2D eigenvalue weighted by Gasteiger charge is -2.38. The zero-order valence-corrected chi connectivity index (χ0v) is 25.6. The molecule has 43 heavy (non-hydrogen) atoms. The van der Waals surface area contributed by atoms with E-state index in [2.05, 4.69) is 15.5 Å². The Bertz CT molecular complexity index is 1510. The number of carbonyl (C=O) groups is 2. The number of anilines is 2. The fourth-order valence-electron chi connectivity index (χ4n) is 5.11. The van der Waals surface area contributed by atoms with Gasteiger partial charge in [0.1, 0.15) is 11.9 Å². The van der Waals surface area contributed by atoms with Crippen molar-refractivity contribution in [1.29, 1.82) is 0 Å². The number of amides is 3. The van der Waals surface area contributed by atoms with Gasteiger partial charge in [-0.1, -0.05) is 36.2 Å². The molecule has 3 aromatic carbocycles. The number of likely N-dealkylation sites (N-methyl/N-ethyl adjacent to an activating group) is 1. The third-order valence-electron chi connectivity index (χ3n) is 7.48. The highest BCUT2D eigenvalue weighted by molar-refractivity contribution is 6.42. The van der Waals surface area contributed by atoms with Gasteiger partial charge in [-0.2, -0.15) is 0 Å². The molecule has 2 aliphatic rings. The van der Waals surface area contributed by atoms with Gasteiger partial charge in [-0.15, -0.1) is 0 Å². The van der Waals surface area contributed by atoms with Gasteiger partial charge in [-0.05, 0) is 62.0 Å². The maximum Gasteiger partial charge on any atom is 0.323 e. The maximum atomic E-state index is 13.7. The molecule has 228 valence electrons. The van der Waals surface area contributed by atoms with Crippen LogP contribution in [0, 0.1) is 5.92 Å². The lowest BCUT2D eigenvalue weighted by molar-refractivity contribution is 0.0341. The molecule has 0 spiro atoms. The van der Waals surface area contributed by atoms with Gasteiger partial charge >= 0.3 is 6.03 Å². The van der Waals surface area contributed by atoms with Gasteiger partial charge in [0, 0.05) is 43.0 Å². The first-order valence-corrected chi connectivity index (χ1v) is 14.7. The lowest BCUT2D eigenvalue weighted by atomic mass is 9.99. The SMILES string of the molecule is C[C@@H]1CN([C@@H](C)CO)C(=O)c2cc(NC(=O)Nc3ccc4c(c3)OCO4)ccc2O[C@@H]1CN(C)Cc1ccc(Cl)c(Cl)c1. The van der Waals surface area contributed by atoms with Gasteiger partial charge in [0.15, 0.2) is 11.5 Å². The molecule has 3 N–H and O–H groups in total. The summed E-state index contributed by atoms with van der Waals surface area (Å²) in [6.45, 7) is 5.35. The minimum atomic E-state index is -0.492. The zero-order chi connectivity index (χ0) is 30.7. The molecule has 0 saturated carbocycles. The van der Waals surface area contributed by atoms with Crippen LogP contribution in [0.5, 0.6) is 17.2 Å². The van der Waals surface area contributed by atoms with Crippen LogP contribution in [0.4, 0.5) is 16.2 Å². The maximum absolute atomic E-state index is 13.7. The number of hydrogen-bond donors (Lipinski definition) is 3. The summed E-state index contributed by atoms with van der Waals surface area (Å²) in [6, 6.07) is 14.7. The largest absolute Gasteiger partial charge is 0.488 e. The van der Waals surface area contributed by atoms with Crippen LogP contribution in [0.3, 0.4) is 0 Å². The first-order valence-electron chi connectivity index (χ1n) is 13.9. The van der Waals surface area contributed by atoms with Crippen molar-refractivity contribution in [2.24, 2.45) is 5.92 Å². The third-order valence-corrected chi connectivity index (χ3v) is 8.22. The molecule has 0 aromatic heterocycles. The number of nitrogens with one attached hydrogen (secondary N) is 2. The van der Waals surface area contributed by atoms with Crippen molar-refractivity contribution in [3.63, 3.8) is 0 Å². The second-order valence-electron chi connectivity index (χ2n) is 10.9. The number of carbonyl (C=O) groups excluding carboxylic acids is 2. The van der Waals surface area contributed by atoms with Gasteiger partial charge in [0.2, 0.25) is 6.79 Å². The molecular formula is C31H34Cl2N4O6. The van der Waals surface area contributed by atoms with E-state index in [1.165, 1.54) is 0 Å². The van der Waals surface area contributed by atoms with Crippen LogP contribution in [-0.4, -0.2) is 72.5 Å².